The maximum absolute atomic E-state index is 12.7. The van der Waals surface area contributed by atoms with Crippen LogP contribution in [0.4, 0.5) is 18.9 Å². The number of hydrogen-bond donors (Lipinski definition) is 2. The summed E-state index contributed by atoms with van der Waals surface area (Å²) < 4.78 is 45.6. The van der Waals surface area contributed by atoms with Crippen LogP contribution < -0.4 is 16.3 Å². The first-order chi connectivity index (χ1) is 13.6. The van der Waals surface area contributed by atoms with Crippen LogP contribution in [0.1, 0.15) is 21.8 Å². The summed E-state index contributed by atoms with van der Waals surface area (Å²) in [6.07, 6.45) is -4.77. The first kappa shape index (κ1) is 20.2. The lowest BCUT2D eigenvalue weighted by Crippen LogP contribution is -2.37. The molecule has 0 saturated carbocycles. The SMILES string of the molecule is Cc1cc(CN(N)C(=O)c2cc(-c3ccc(OC(F)(F)F)cc3)ccc2N)no1. The smallest absolute Gasteiger partial charge is 0.406 e. The van der Waals surface area contributed by atoms with Gasteiger partial charge in [-0.15, -0.1) is 13.2 Å². The highest BCUT2D eigenvalue weighted by Gasteiger charge is 2.31. The van der Waals surface area contributed by atoms with Crippen LogP contribution in [0.5, 0.6) is 5.75 Å². The number of halogens is 3. The Bertz CT molecular complexity index is 1020. The van der Waals surface area contributed by atoms with Gasteiger partial charge in [-0.1, -0.05) is 23.4 Å². The van der Waals surface area contributed by atoms with Crippen molar-refractivity contribution in [2.45, 2.75) is 19.8 Å². The molecule has 1 amide bonds. The van der Waals surface area contributed by atoms with Crippen molar-refractivity contribution >= 4 is 11.6 Å². The quantitative estimate of drug-likeness (QED) is 0.290. The van der Waals surface area contributed by atoms with Crippen molar-refractivity contribution < 1.29 is 27.2 Å². The number of nitrogens with two attached hydrogens (primary N) is 2. The first-order valence-corrected chi connectivity index (χ1v) is 8.37. The van der Waals surface area contributed by atoms with Crippen molar-refractivity contribution in [3.05, 3.63) is 65.5 Å². The maximum Gasteiger partial charge on any atom is 0.573 e. The zero-order valence-electron chi connectivity index (χ0n) is 15.2. The monoisotopic (exact) mass is 406 g/mol. The normalized spacial score (nSPS) is 11.3. The number of carbonyl (C=O) groups excluding carboxylic acids is 1. The second kappa shape index (κ2) is 7.84. The molecule has 0 aliphatic rings. The van der Waals surface area contributed by atoms with Crippen LogP contribution in [-0.4, -0.2) is 22.4 Å². The van der Waals surface area contributed by atoms with E-state index in [0.717, 1.165) is 5.01 Å². The highest BCUT2D eigenvalue weighted by Crippen LogP contribution is 2.28. The van der Waals surface area contributed by atoms with E-state index in [4.69, 9.17) is 16.1 Å². The van der Waals surface area contributed by atoms with E-state index in [1.54, 1.807) is 19.1 Å². The molecule has 1 aromatic heterocycles. The maximum atomic E-state index is 12.7. The molecule has 4 N–H and O–H groups in total. The first-order valence-electron chi connectivity index (χ1n) is 8.37. The average Bonchev–Trinajstić information content (AvgIpc) is 3.05. The number of carbonyl (C=O) groups is 1. The number of hydrogen-bond acceptors (Lipinski definition) is 6. The molecule has 152 valence electrons. The van der Waals surface area contributed by atoms with Crippen LogP contribution in [0.15, 0.2) is 53.1 Å². The number of nitrogens with zero attached hydrogens (tertiary/aromatic N) is 2. The molecule has 0 aliphatic carbocycles. The van der Waals surface area contributed by atoms with Crippen molar-refractivity contribution in [2.24, 2.45) is 5.84 Å². The molecule has 3 aromatic rings. The van der Waals surface area contributed by atoms with Gasteiger partial charge >= 0.3 is 6.36 Å². The van der Waals surface area contributed by atoms with Gasteiger partial charge in [0.05, 0.1) is 12.1 Å². The number of aromatic nitrogens is 1. The summed E-state index contributed by atoms with van der Waals surface area (Å²) in [5, 5.41) is 4.73. The Labute approximate surface area is 163 Å². The average molecular weight is 406 g/mol. The molecule has 0 atom stereocenters. The fourth-order valence-corrected chi connectivity index (χ4v) is 2.66. The molecular weight excluding hydrogens is 389 g/mol. The second-order valence-electron chi connectivity index (χ2n) is 6.24. The molecule has 0 bridgehead atoms. The minimum Gasteiger partial charge on any atom is -0.406 e. The van der Waals surface area contributed by atoms with E-state index >= 15 is 0 Å². The Morgan fingerprint density at radius 3 is 2.38 bits per heavy atom. The number of ether oxygens (including phenoxy) is 1. The Balaban J connectivity index is 1.81. The van der Waals surface area contributed by atoms with Crippen LogP contribution >= 0.6 is 0 Å². The summed E-state index contributed by atoms with van der Waals surface area (Å²) in [5.41, 5.74) is 7.91. The third-order valence-corrected chi connectivity index (χ3v) is 3.97. The third-order valence-electron chi connectivity index (χ3n) is 3.97. The fourth-order valence-electron chi connectivity index (χ4n) is 2.66. The highest BCUT2D eigenvalue weighted by atomic mass is 19.4. The summed E-state index contributed by atoms with van der Waals surface area (Å²) in [7, 11) is 0. The summed E-state index contributed by atoms with van der Waals surface area (Å²) in [5.74, 6) is 5.55. The molecular formula is C19H17F3N4O3. The highest BCUT2D eigenvalue weighted by molar-refractivity contribution is 6.00. The molecule has 0 unspecified atom stereocenters. The van der Waals surface area contributed by atoms with Crippen LogP contribution in [0.2, 0.25) is 0 Å². The molecule has 3 rings (SSSR count). The lowest BCUT2D eigenvalue weighted by molar-refractivity contribution is -0.274. The van der Waals surface area contributed by atoms with Crippen LogP contribution in [0, 0.1) is 6.92 Å². The third kappa shape index (κ3) is 5.05. The van der Waals surface area contributed by atoms with E-state index in [0.29, 0.717) is 22.6 Å². The van der Waals surface area contributed by atoms with E-state index in [1.807, 2.05) is 0 Å². The van der Waals surface area contributed by atoms with Gasteiger partial charge in [0.15, 0.2) is 0 Å². The number of hydrazine groups is 1. The van der Waals surface area contributed by atoms with E-state index in [9.17, 15) is 18.0 Å². The molecule has 0 spiro atoms. The Hall–Kier alpha value is -3.53. The summed E-state index contributed by atoms with van der Waals surface area (Å²) >= 11 is 0. The van der Waals surface area contributed by atoms with Crippen molar-refractivity contribution in [1.82, 2.24) is 10.2 Å². The number of rotatable bonds is 5. The molecule has 0 radical (unpaired) electrons. The molecule has 0 aliphatic heterocycles. The van der Waals surface area contributed by atoms with Crippen LogP contribution in [0.3, 0.4) is 0 Å². The fraction of sp³-hybridized carbons (Fsp3) is 0.158. The molecule has 10 heteroatoms. The molecule has 0 fully saturated rings. The predicted octanol–water partition coefficient (Wildman–Crippen LogP) is 3.65. The Morgan fingerprint density at radius 1 is 1.14 bits per heavy atom. The van der Waals surface area contributed by atoms with E-state index in [2.05, 4.69) is 9.89 Å². The Morgan fingerprint density at radius 2 is 1.79 bits per heavy atom. The van der Waals surface area contributed by atoms with Gasteiger partial charge in [-0.2, -0.15) is 0 Å². The zero-order chi connectivity index (χ0) is 21.2. The van der Waals surface area contributed by atoms with Gasteiger partial charge < -0.3 is 15.0 Å². The minimum atomic E-state index is -4.77. The number of aryl methyl sites for hydroxylation is 1. The lowest BCUT2D eigenvalue weighted by Gasteiger charge is -2.17. The van der Waals surface area contributed by atoms with Gasteiger partial charge in [0.1, 0.15) is 17.2 Å². The molecule has 7 nitrogen and oxygen atoms in total. The van der Waals surface area contributed by atoms with Gasteiger partial charge in [-0.3, -0.25) is 9.80 Å². The van der Waals surface area contributed by atoms with Gasteiger partial charge in [-0.25, -0.2) is 5.84 Å². The van der Waals surface area contributed by atoms with Gasteiger partial charge in [0.2, 0.25) is 0 Å². The van der Waals surface area contributed by atoms with Crippen LogP contribution in [-0.2, 0) is 6.54 Å². The lowest BCUT2D eigenvalue weighted by atomic mass is 10.0. The number of alkyl halides is 3. The number of amides is 1. The second-order valence-corrected chi connectivity index (χ2v) is 6.24. The number of anilines is 1. The van der Waals surface area contributed by atoms with Gasteiger partial charge in [-0.05, 0) is 42.3 Å². The van der Waals surface area contributed by atoms with Crippen molar-refractivity contribution in [3.8, 4) is 16.9 Å². The topological polar surface area (TPSA) is 108 Å². The van der Waals surface area contributed by atoms with E-state index in [-0.39, 0.29) is 23.5 Å². The van der Waals surface area contributed by atoms with Crippen molar-refractivity contribution in [2.75, 3.05) is 5.73 Å². The number of nitrogen functional groups attached to an aromatic ring is 1. The largest absolute Gasteiger partial charge is 0.573 e. The molecule has 29 heavy (non-hydrogen) atoms. The minimum absolute atomic E-state index is 0.0172. The molecule has 2 aromatic carbocycles. The predicted molar refractivity (Wildman–Crippen MR) is 98.3 cm³/mol. The summed E-state index contributed by atoms with van der Waals surface area (Å²) in [6, 6.07) is 11.6. The Kier molecular flexibility index (Phi) is 5.46. The van der Waals surface area contributed by atoms with Crippen molar-refractivity contribution in [3.63, 3.8) is 0 Å². The van der Waals surface area contributed by atoms with Crippen LogP contribution in [0.25, 0.3) is 11.1 Å². The molecule has 0 saturated heterocycles. The number of benzene rings is 2. The summed E-state index contributed by atoms with van der Waals surface area (Å²) in [4.78, 5) is 12.7. The standard InChI is InChI=1S/C19H17F3N4O3/c1-11-8-14(25-29-11)10-26(24)18(27)16-9-13(4-7-17(16)23)12-2-5-15(6-3-12)28-19(20,21)22/h2-9H,10,23-24H2,1H3. The summed E-state index contributed by atoms with van der Waals surface area (Å²) in [6.45, 7) is 1.73. The van der Waals surface area contributed by atoms with E-state index in [1.165, 1.54) is 36.4 Å². The van der Waals surface area contributed by atoms with Gasteiger partial charge in [0, 0.05) is 11.8 Å². The van der Waals surface area contributed by atoms with Crippen molar-refractivity contribution in [1.29, 1.82) is 0 Å². The molecule has 1 heterocycles. The van der Waals surface area contributed by atoms with Gasteiger partial charge in [0.25, 0.3) is 5.91 Å². The van der Waals surface area contributed by atoms with E-state index < -0.39 is 12.3 Å². The zero-order valence-corrected chi connectivity index (χ0v) is 15.2.